The number of rotatable bonds is 4. The Hall–Kier alpha value is -1.59. The molecule has 2 atom stereocenters. The zero-order valence-electron chi connectivity index (χ0n) is 13.9. The monoisotopic (exact) mass is 376 g/mol. The van der Waals surface area contributed by atoms with Gasteiger partial charge in [-0.25, -0.2) is 4.98 Å². The first-order valence-electron chi connectivity index (χ1n) is 8.33. The molecule has 3 heterocycles. The number of nitrogens with two attached hydrogens (primary N) is 1. The lowest BCUT2D eigenvalue weighted by molar-refractivity contribution is 0.313. The van der Waals surface area contributed by atoms with Crippen LogP contribution in [0.3, 0.4) is 0 Å². The molecule has 25 heavy (non-hydrogen) atoms. The largest absolute Gasteiger partial charge is 0.330 e. The minimum Gasteiger partial charge on any atom is -0.330 e. The standard InChI is InChI=1S/C19H21ClN4.ClH/c20-16-6-7-19-22-17(12-24(19)10-16)11-23-9-15(8-21)18(13-23)14-4-2-1-3-5-14;/h1-7,10,12,15,18H,8-9,11,13,21H2;1H/t15-,18+;/m1./s1. The van der Waals surface area contributed by atoms with E-state index in [0.717, 1.165) is 42.5 Å². The van der Waals surface area contributed by atoms with Crippen LogP contribution >= 0.6 is 24.0 Å². The summed E-state index contributed by atoms with van der Waals surface area (Å²) in [5, 5.41) is 0.722. The van der Waals surface area contributed by atoms with Crippen molar-refractivity contribution < 1.29 is 0 Å². The van der Waals surface area contributed by atoms with Gasteiger partial charge in [0.05, 0.1) is 10.7 Å². The van der Waals surface area contributed by atoms with Crippen molar-refractivity contribution in [2.75, 3.05) is 19.6 Å². The van der Waals surface area contributed by atoms with Crippen molar-refractivity contribution in [1.82, 2.24) is 14.3 Å². The first kappa shape index (κ1) is 18.2. The third kappa shape index (κ3) is 3.82. The summed E-state index contributed by atoms with van der Waals surface area (Å²) >= 11 is 6.05. The van der Waals surface area contributed by atoms with Crippen molar-refractivity contribution in [2.24, 2.45) is 11.7 Å². The topological polar surface area (TPSA) is 46.6 Å². The van der Waals surface area contributed by atoms with Crippen molar-refractivity contribution in [1.29, 1.82) is 0 Å². The molecule has 4 nitrogen and oxygen atoms in total. The molecular weight excluding hydrogens is 355 g/mol. The molecule has 2 N–H and O–H groups in total. The number of hydrogen-bond acceptors (Lipinski definition) is 3. The molecule has 6 heteroatoms. The second kappa shape index (κ2) is 7.75. The number of nitrogens with zero attached hydrogens (tertiary/aromatic N) is 3. The normalized spacial score (nSPS) is 20.7. The van der Waals surface area contributed by atoms with Gasteiger partial charge in [0, 0.05) is 37.9 Å². The summed E-state index contributed by atoms with van der Waals surface area (Å²) in [6, 6.07) is 14.5. The molecule has 0 radical (unpaired) electrons. The Bertz CT molecular complexity index is 834. The number of aromatic nitrogens is 2. The van der Waals surface area contributed by atoms with Crippen LogP contribution in [0.15, 0.2) is 54.9 Å². The van der Waals surface area contributed by atoms with Gasteiger partial charge in [0.25, 0.3) is 0 Å². The van der Waals surface area contributed by atoms with E-state index in [4.69, 9.17) is 22.3 Å². The summed E-state index contributed by atoms with van der Waals surface area (Å²) < 4.78 is 1.99. The van der Waals surface area contributed by atoms with E-state index in [9.17, 15) is 0 Å². The predicted molar refractivity (Wildman–Crippen MR) is 104 cm³/mol. The molecule has 4 rings (SSSR count). The Balaban J connectivity index is 0.00000182. The average Bonchev–Trinajstić information content (AvgIpc) is 3.18. The predicted octanol–water partition coefficient (Wildman–Crippen LogP) is 3.58. The second-order valence-corrected chi connectivity index (χ2v) is 6.99. The number of imidazole rings is 1. The molecule has 0 aliphatic carbocycles. The fourth-order valence-electron chi connectivity index (χ4n) is 3.73. The number of benzene rings is 1. The minimum absolute atomic E-state index is 0. The summed E-state index contributed by atoms with van der Waals surface area (Å²) in [7, 11) is 0. The van der Waals surface area contributed by atoms with Crippen LogP contribution in [-0.4, -0.2) is 33.9 Å². The number of fused-ring (bicyclic) bond motifs is 1. The van der Waals surface area contributed by atoms with Gasteiger partial charge in [-0.15, -0.1) is 12.4 Å². The van der Waals surface area contributed by atoms with E-state index in [-0.39, 0.29) is 12.4 Å². The Morgan fingerprint density at radius 2 is 1.88 bits per heavy atom. The molecule has 0 amide bonds. The van der Waals surface area contributed by atoms with E-state index < -0.39 is 0 Å². The molecule has 1 aromatic carbocycles. The van der Waals surface area contributed by atoms with Crippen molar-refractivity contribution in [3.8, 4) is 0 Å². The Morgan fingerprint density at radius 3 is 2.64 bits per heavy atom. The molecule has 2 aromatic heterocycles. The van der Waals surface area contributed by atoms with E-state index in [1.165, 1.54) is 5.56 Å². The molecule has 0 bridgehead atoms. The zero-order chi connectivity index (χ0) is 16.5. The average molecular weight is 377 g/mol. The van der Waals surface area contributed by atoms with Crippen molar-refractivity contribution in [3.05, 3.63) is 71.1 Å². The van der Waals surface area contributed by atoms with Crippen molar-refractivity contribution in [2.45, 2.75) is 12.5 Å². The van der Waals surface area contributed by atoms with Gasteiger partial charge in [0.15, 0.2) is 0 Å². The Labute approximate surface area is 159 Å². The quantitative estimate of drug-likeness (QED) is 0.756. The van der Waals surface area contributed by atoms with Gasteiger partial charge in [-0.1, -0.05) is 41.9 Å². The number of halogens is 2. The maximum atomic E-state index is 6.05. The van der Waals surface area contributed by atoms with Crippen LogP contribution in [0.2, 0.25) is 5.02 Å². The first-order chi connectivity index (χ1) is 11.7. The highest BCUT2D eigenvalue weighted by Crippen LogP contribution is 2.32. The molecule has 0 unspecified atom stereocenters. The SMILES string of the molecule is Cl.NC[C@@H]1CN(Cc2cn3cc(Cl)ccc3n2)C[C@H]1c1ccccc1. The molecule has 1 aliphatic heterocycles. The molecule has 0 spiro atoms. The molecule has 3 aromatic rings. The summed E-state index contributed by atoms with van der Waals surface area (Å²) in [6.07, 6.45) is 3.96. The Kier molecular flexibility index (Phi) is 5.64. The number of likely N-dealkylation sites (tertiary alicyclic amines) is 1. The van der Waals surface area contributed by atoms with Crippen molar-refractivity contribution >= 4 is 29.7 Å². The van der Waals surface area contributed by atoms with Crippen LogP contribution in [0, 0.1) is 5.92 Å². The maximum absolute atomic E-state index is 6.05. The van der Waals surface area contributed by atoms with Gasteiger partial charge in [-0.05, 0) is 30.2 Å². The third-order valence-corrected chi connectivity index (χ3v) is 5.12. The molecule has 1 fully saturated rings. The highest BCUT2D eigenvalue weighted by atomic mass is 35.5. The van der Waals surface area contributed by atoms with Gasteiger partial charge in [0.1, 0.15) is 5.65 Å². The summed E-state index contributed by atoms with van der Waals surface area (Å²) in [4.78, 5) is 7.15. The van der Waals surface area contributed by atoms with Crippen LogP contribution in [0.4, 0.5) is 0 Å². The summed E-state index contributed by atoms with van der Waals surface area (Å²) in [6.45, 7) is 3.61. The Morgan fingerprint density at radius 1 is 1.08 bits per heavy atom. The highest BCUT2D eigenvalue weighted by molar-refractivity contribution is 6.30. The fraction of sp³-hybridized carbons (Fsp3) is 0.316. The van der Waals surface area contributed by atoms with Crippen LogP contribution in [0.25, 0.3) is 5.65 Å². The van der Waals surface area contributed by atoms with Gasteiger partial charge in [-0.2, -0.15) is 0 Å². The van der Waals surface area contributed by atoms with Gasteiger partial charge < -0.3 is 10.1 Å². The third-order valence-electron chi connectivity index (χ3n) is 4.90. The van der Waals surface area contributed by atoms with E-state index in [0.29, 0.717) is 11.8 Å². The number of hydrogen-bond donors (Lipinski definition) is 1. The zero-order valence-corrected chi connectivity index (χ0v) is 15.5. The van der Waals surface area contributed by atoms with E-state index in [1.807, 2.05) is 22.7 Å². The fourth-order valence-corrected chi connectivity index (χ4v) is 3.90. The van der Waals surface area contributed by atoms with Crippen LogP contribution in [0.5, 0.6) is 0 Å². The van der Waals surface area contributed by atoms with E-state index >= 15 is 0 Å². The maximum Gasteiger partial charge on any atom is 0.137 e. The van der Waals surface area contributed by atoms with Crippen LogP contribution in [0.1, 0.15) is 17.2 Å². The lowest BCUT2D eigenvalue weighted by Crippen LogP contribution is -2.23. The minimum atomic E-state index is 0. The molecule has 1 saturated heterocycles. The molecule has 0 saturated carbocycles. The van der Waals surface area contributed by atoms with Gasteiger partial charge >= 0.3 is 0 Å². The van der Waals surface area contributed by atoms with E-state index in [1.54, 1.807) is 0 Å². The van der Waals surface area contributed by atoms with Crippen LogP contribution < -0.4 is 5.73 Å². The molecule has 132 valence electrons. The van der Waals surface area contributed by atoms with Gasteiger partial charge in [-0.3, -0.25) is 4.90 Å². The van der Waals surface area contributed by atoms with E-state index in [2.05, 4.69) is 41.4 Å². The summed E-state index contributed by atoms with van der Waals surface area (Å²) in [5.74, 6) is 1.00. The lowest BCUT2D eigenvalue weighted by Gasteiger charge is -2.16. The first-order valence-corrected chi connectivity index (χ1v) is 8.71. The molecular formula is C19H22Cl2N4. The van der Waals surface area contributed by atoms with Crippen molar-refractivity contribution in [3.63, 3.8) is 0 Å². The molecule has 1 aliphatic rings. The number of pyridine rings is 1. The summed E-state index contributed by atoms with van der Waals surface area (Å²) in [5.41, 5.74) is 9.43. The van der Waals surface area contributed by atoms with Gasteiger partial charge in [0.2, 0.25) is 0 Å². The smallest absolute Gasteiger partial charge is 0.137 e. The second-order valence-electron chi connectivity index (χ2n) is 6.55. The van der Waals surface area contributed by atoms with Crippen LogP contribution in [-0.2, 0) is 6.54 Å². The highest BCUT2D eigenvalue weighted by Gasteiger charge is 2.32. The lowest BCUT2D eigenvalue weighted by atomic mass is 9.89.